The molecule has 0 spiro atoms. The fourth-order valence-electron chi connectivity index (χ4n) is 5.62. The molecular formula is C20H23ClFNO4. The van der Waals surface area contributed by atoms with Crippen LogP contribution < -0.4 is 5.32 Å². The molecule has 1 aromatic carbocycles. The van der Waals surface area contributed by atoms with Crippen LogP contribution in [0.4, 0.5) is 10.1 Å². The Kier molecular flexibility index (Phi) is 4.47. The predicted molar refractivity (Wildman–Crippen MR) is 97.7 cm³/mol. The Balaban J connectivity index is 1.42. The number of benzene rings is 1. The summed E-state index contributed by atoms with van der Waals surface area (Å²) in [6.45, 7) is 1.50. The van der Waals surface area contributed by atoms with Gasteiger partial charge >= 0.3 is 5.97 Å². The summed E-state index contributed by atoms with van der Waals surface area (Å²) in [6.07, 6.45) is 3.45. The molecule has 5 nitrogen and oxygen atoms in total. The maximum atomic E-state index is 13.1. The minimum Gasteiger partial charge on any atom is -0.452 e. The van der Waals surface area contributed by atoms with E-state index in [1.165, 1.54) is 19.1 Å². The lowest BCUT2D eigenvalue weighted by Gasteiger charge is -2.58. The van der Waals surface area contributed by atoms with Gasteiger partial charge in [-0.05, 0) is 75.5 Å². The van der Waals surface area contributed by atoms with Crippen LogP contribution in [0.1, 0.15) is 45.4 Å². The van der Waals surface area contributed by atoms with Gasteiger partial charge in [0, 0.05) is 0 Å². The van der Waals surface area contributed by atoms with Gasteiger partial charge in [-0.15, -0.1) is 0 Å². The maximum Gasteiger partial charge on any atom is 0.312 e. The van der Waals surface area contributed by atoms with Crippen LogP contribution in [0.2, 0.25) is 5.02 Å². The molecule has 4 aliphatic carbocycles. The molecule has 0 heterocycles. The molecule has 2 unspecified atom stereocenters. The van der Waals surface area contributed by atoms with E-state index in [-0.39, 0.29) is 10.7 Å². The van der Waals surface area contributed by atoms with Crippen LogP contribution in [0.25, 0.3) is 0 Å². The summed E-state index contributed by atoms with van der Waals surface area (Å²) in [4.78, 5) is 25.3. The van der Waals surface area contributed by atoms with E-state index in [0.29, 0.717) is 18.3 Å². The number of halogens is 2. The first-order chi connectivity index (χ1) is 12.7. The van der Waals surface area contributed by atoms with Gasteiger partial charge in [-0.1, -0.05) is 11.6 Å². The highest BCUT2D eigenvalue weighted by atomic mass is 35.5. The van der Waals surface area contributed by atoms with E-state index in [2.05, 4.69) is 5.32 Å². The van der Waals surface area contributed by atoms with Gasteiger partial charge in [0.05, 0.1) is 21.7 Å². The van der Waals surface area contributed by atoms with Crippen LogP contribution in [-0.4, -0.2) is 28.7 Å². The Hall–Kier alpha value is -1.66. The summed E-state index contributed by atoms with van der Waals surface area (Å²) in [6, 6.07) is 3.65. The van der Waals surface area contributed by atoms with Crippen LogP contribution in [0.15, 0.2) is 18.2 Å². The summed E-state index contributed by atoms with van der Waals surface area (Å²) in [5, 5.41) is 13.4. The Bertz CT molecular complexity index is 784. The molecule has 27 heavy (non-hydrogen) atoms. The van der Waals surface area contributed by atoms with Gasteiger partial charge in [0.1, 0.15) is 5.82 Å². The molecule has 4 bridgehead atoms. The number of anilines is 1. The summed E-state index contributed by atoms with van der Waals surface area (Å²) < 4.78 is 18.6. The number of hydrogen-bond donors (Lipinski definition) is 2. The highest BCUT2D eigenvalue weighted by molar-refractivity contribution is 6.33. The minimum atomic E-state index is -1.01. The van der Waals surface area contributed by atoms with Crippen molar-refractivity contribution < 1.29 is 23.8 Å². The molecule has 4 fully saturated rings. The summed E-state index contributed by atoms with van der Waals surface area (Å²) in [7, 11) is 0. The minimum absolute atomic E-state index is 0.0742. The van der Waals surface area contributed by atoms with Crippen molar-refractivity contribution in [3.8, 4) is 0 Å². The van der Waals surface area contributed by atoms with Gasteiger partial charge in [-0.2, -0.15) is 0 Å². The van der Waals surface area contributed by atoms with Gasteiger partial charge in [0.25, 0.3) is 5.91 Å². The molecule has 5 rings (SSSR count). The van der Waals surface area contributed by atoms with Crippen LogP contribution in [-0.2, 0) is 14.3 Å². The van der Waals surface area contributed by atoms with Gasteiger partial charge in [-0.25, -0.2) is 4.39 Å². The van der Waals surface area contributed by atoms with E-state index in [4.69, 9.17) is 16.3 Å². The first-order valence-corrected chi connectivity index (χ1v) is 9.75. The fourth-order valence-corrected chi connectivity index (χ4v) is 5.83. The zero-order chi connectivity index (χ0) is 19.4. The second-order valence-corrected chi connectivity index (χ2v) is 9.03. The average Bonchev–Trinajstić information content (AvgIpc) is 2.55. The van der Waals surface area contributed by atoms with Crippen molar-refractivity contribution in [2.24, 2.45) is 17.3 Å². The lowest BCUT2D eigenvalue weighted by atomic mass is 9.48. The quantitative estimate of drug-likeness (QED) is 0.762. The monoisotopic (exact) mass is 395 g/mol. The Morgan fingerprint density at radius 2 is 1.96 bits per heavy atom. The smallest absolute Gasteiger partial charge is 0.312 e. The largest absolute Gasteiger partial charge is 0.452 e. The second-order valence-electron chi connectivity index (χ2n) is 8.63. The number of aliphatic hydroxyl groups is 1. The van der Waals surface area contributed by atoms with Crippen molar-refractivity contribution in [3.05, 3.63) is 29.0 Å². The normalized spacial score (nSPS) is 35.0. The van der Waals surface area contributed by atoms with Crippen molar-refractivity contribution in [3.63, 3.8) is 0 Å². The first-order valence-electron chi connectivity index (χ1n) is 9.37. The van der Waals surface area contributed by atoms with Gasteiger partial charge in [0.2, 0.25) is 0 Å². The van der Waals surface area contributed by atoms with Crippen molar-refractivity contribution in [1.82, 2.24) is 0 Å². The third-order valence-electron chi connectivity index (χ3n) is 6.31. The summed E-state index contributed by atoms with van der Waals surface area (Å²) >= 11 is 5.92. The highest BCUT2D eigenvalue weighted by Crippen LogP contribution is 2.62. The lowest BCUT2D eigenvalue weighted by Crippen LogP contribution is -2.59. The van der Waals surface area contributed by atoms with Crippen LogP contribution in [0.5, 0.6) is 0 Å². The Morgan fingerprint density at radius 3 is 2.56 bits per heavy atom. The number of carbonyl (C=O) groups excluding carboxylic acids is 2. The molecule has 1 amide bonds. The topological polar surface area (TPSA) is 75.6 Å². The molecular weight excluding hydrogens is 373 g/mol. The number of amides is 1. The Morgan fingerprint density at radius 1 is 1.30 bits per heavy atom. The molecule has 5 atom stereocenters. The SMILES string of the molecule is C[C@@H](OC(=O)C12C[C@@H]3C[C@@H](CC(O)(C3)C1)C2)C(=O)Nc1ccc(F)cc1Cl. The van der Waals surface area contributed by atoms with E-state index in [1.54, 1.807) is 0 Å². The predicted octanol–water partition coefficient (Wildman–Crippen LogP) is 3.68. The van der Waals surface area contributed by atoms with Crippen molar-refractivity contribution in [2.45, 2.75) is 57.2 Å². The van der Waals surface area contributed by atoms with Crippen molar-refractivity contribution >= 4 is 29.2 Å². The van der Waals surface area contributed by atoms with E-state index in [1.807, 2.05) is 0 Å². The number of hydrogen-bond acceptors (Lipinski definition) is 4. The van der Waals surface area contributed by atoms with E-state index in [0.717, 1.165) is 38.2 Å². The van der Waals surface area contributed by atoms with Gasteiger partial charge in [-0.3, -0.25) is 9.59 Å². The fraction of sp³-hybridized carbons (Fsp3) is 0.600. The molecule has 1 aromatic rings. The molecule has 4 aliphatic rings. The molecule has 0 aliphatic heterocycles. The summed E-state index contributed by atoms with van der Waals surface area (Å²) in [5.74, 6) is -0.725. The standard InChI is InChI=1S/C20H23ClFNO4/c1-11(17(24)23-16-3-2-14(22)5-15(16)21)27-18(25)19-6-12-4-13(7-19)9-20(26,8-12)10-19/h2-3,5,11-13,26H,4,6-10H2,1H3,(H,23,24)/t11-,12-,13+,19?,20?/m1/s1. The van der Waals surface area contributed by atoms with Crippen LogP contribution in [0, 0.1) is 23.1 Å². The molecule has 2 N–H and O–H groups in total. The third kappa shape index (κ3) is 3.45. The Labute approximate surface area is 162 Å². The molecule has 146 valence electrons. The van der Waals surface area contributed by atoms with E-state index >= 15 is 0 Å². The first kappa shape index (κ1) is 18.7. The lowest BCUT2D eigenvalue weighted by molar-refractivity contribution is -0.199. The summed E-state index contributed by atoms with van der Waals surface area (Å²) in [5.41, 5.74) is -1.19. The van der Waals surface area contributed by atoms with E-state index < -0.39 is 34.8 Å². The number of nitrogens with one attached hydrogen (secondary N) is 1. The third-order valence-corrected chi connectivity index (χ3v) is 6.62. The number of carbonyl (C=O) groups is 2. The molecule has 0 radical (unpaired) electrons. The number of rotatable bonds is 4. The number of esters is 1. The molecule has 0 saturated heterocycles. The van der Waals surface area contributed by atoms with Gasteiger partial charge < -0.3 is 15.2 Å². The second kappa shape index (κ2) is 6.45. The molecule has 4 saturated carbocycles. The van der Waals surface area contributed by atoms with Crippen molar-refractivity contribution in [2.75, 3.05) is 5.32 Å². The zero-order valence-electron chi connectivity index (χ0n) is 15.1. The van der Waals surface area contributed by atoms with E-state index in [9.17, 15) is 19.1 Å². The number of ether oxygens (including phenoxy) is 1. The zero-order valence-corrected chi connectivity index (χ0v) is 15.9. The molecule has 7 heteroatoms. The highest BCUT2D eigenvalue weighted by Gasteiger charge is 2.61. The van der Waals surface area contributed by atoms with Gasteiger partial charge in [0.15, 0.2) is 6.10 Å². The molecule has 0 aromatic heterocycles. The van der Waals surface area contributed by atoms with Crippen LogP contribution in [0.3, 0.4) is 0 Å². The average molecular weight is 396 g/mol. The maximum absolute atomic E-state index is 13.1. The van der Waals surface area contributed by atoms with Crippen molar-refractivity contribution in [1.29, 1.82) is 0 Å². The van der Waals surface area contributed by atoms with Crippen LogP contribution >= 0.6 is 11.6 Å².